The Kier molecular flexibility index (Phi) is 7.93. The molecule has 0 saturated heterocycles. The number of para-hydroxylation sites is 1. The third-order valence-electron chi connectivity index (χ3n) is 15.3. The minimum atomic E-state index is -0.0916. The van der Waals surface area contributed by atoms with Crippen molar-refractivity contribution in [3.63, 3.8) is 0 Å². The van der Waals surface area contributed by atoms with Crippen LogP contribution in [0, 0.1) is 0 Å². The average molecular weight is 786 g/mol. The van der Waals surface area contributed by atoms with Crippen molar-refractivity contribution in [2.45, 2.75) is 76.0 Å². The summed E-state index contributed by atoms with van der Waals surface area (Å²) in [6.45, 7) is 9.53. The van der Waals surface area contributed by atoms with Crippen LogP contribution in [0.2, 0.25) is 0 Å². The van der Waals surface area contributed by atoms with Gasteiger partial charge in [0.2, 0.25) is 0 Å². The van der Waals surface area contributed by atoms with Gasteiger partial charge in [-0.3, -0.25) is 0 Å². The summed E-state index contributed by atoms with van der Waals surface area (Å²) in [7, 11) is 0. The molecule has 0 aromatic heterocycles. The molecule has 8 aromatic carbocycles. The molecule has 296 valence electrons. The molecule has 4 aliphatic carbocycles. The van der Waals surface area contributed by atoms with Crippen LogP contribution in [-0.4, -0.2) is 0 Å². The highest BCUT2D eigenvalue weighted by Gasteiger charge is 2.44. The fourth-order valence-electron chi connectivity index (χ4n) is 12.5. The molecule has 0 aliphatic heterocycles. The molecule has 0 heterocycles. The molecule has 1 spiro atoms. The third-order valence-corrected chi connectivity index (χ3v) is 15.3. The molecular formula is C60H51N. The highest BCUT2D eigenvalue weighted by molar-refractivity contribution is 5.99. The van der Waals surface area contributed by atoms with E-state index in [2.05, 4.69) is 209 Å². The van der Waals surface area contributed by atoms with E-state index in [0.29, 0.717) is 0 Å². The summed E-state index contributed by atoms with van der Waals surface area (Å²) in [5.41, 5.74) is 25.4. The van der Waals surface area contributed by atoms with Crippen LogP contribution in [0.1, 0.15) is 93.2 Å². The normalized spacial score (nSPS) is 16.6. The van der Waals surface area contributed by atoms with Crippen molar-refractivity contribution in [1.82, 2.24) is 0 Å². The van der Waals surface area contributed by atoms with Gasteiger partial charge in [0.25, 0.3) is 0 Å². The van der Waals surface area contributed by atoms with Gasteiger partial charge in [-0.15, -0.1) is 0 Å². The Morgan fingerprint density at radius 2 is 0.885 bits per heavy atom. The second-order valence-electron chi connectivity index (χ2n) is 19.1. The number of nitrogens with zero attached hydrogens (tertiary/aromatic N) is 1. The second-order valence-corrected chi connectivity index (χ2v) is 19.1. The van der Waals surface area contributed by atoms with Crippen molar-refractivity contribution in [1.29, 1.82) is 0 Å². The predicted octanol–water partition coefficient (Wildman–Crippen LogP) is 16.3. The van der Waals surface area contributed by atoms with Gasteiger partial charge in [-0.05, 0) is 127 Å². The van der Waals surface area contributed by atoms with E-state index in [9.17, 15) is 0 Å². The maximum atomic E-state index is 2.54. The van der Waals surface area contributed by atoms with E-state index in [1.54, 1.807) is 0 Å². The van der Waals surface area contributed by atoms with Crippen molar-refractivity contribution in [2.75, 3.05) is 4.90 Å². The lowest BCUT2D eigenvalue weighted by molar-refractivity contribution is 0.353. The summed E-state index contributed by atoms with van der Waals surface area (Å²) in [5, 5.41) is 0. The SMILES string of the molecule is CC1(C)c2ccccc2-c2c(-c3ccccc3N(c3ccc(-c4cccc5c4C(C)(C)c4ccccc4-5)cc3)c3ccc4c(c3)-c3ccccc3C43CCCCC3)cccc21. The first-order valence-electron chi connectivity index (χ1n) is 22.5. The summed E-state index contributed by atoms with van der Waals surface area (Å²) in [5.74, 6) is 0. The molecule has 4 aliphatic rings. The van der Waals surface area contributed by atoms with E-state index in [-0.39, 0.29) is 16.2 Å². The summed E-state index contributed by atoms with van der Waals surface area (Å²) >= 11 is 0. The maximum absolute atomic E-state index is 2.54. The Morgan fingerprint density at radius 3 is 1.64 bits per heavy atom. The molecule has 1 nitrogen and oxygen atoms in total. The lowest BCUT2D eigenvalue weighted by atomic mass is 9.68. The maximum Gasteiger partial charge on any atom is 0.0540 e. The molecule has 61 heavy (non-hydrogen) atoms. The molecule has 8 aromatic rings. The predicted molar refractivity (Wildman–Crippen MR) is 256 cm³/mol. The van der Waals surface area contributed by atoms with Gasteiger partial charge in [-0.25, -0.2) is 0 Å². The van der Waals surface area contributed by atoms with Crippen molar-refractivity contribution in [3.05, 3.63) is 209 Å². The van der Waals surface area contributed by atoms with E-state index in [0.717, 1.165) is 5.69 Å². The topological polar surface area (TPSA) is 3.24 Å². The number of benzene rings is 8. The molecule has 0 radical (unpaired) electrons. The summed E-state index contributed by atoms with van der Waals surface area (Å²) in [4.78, 5) is 2.54. The third kappa shape index (κ3) is 5.13. The largest absolute Gasteiger partial charge is 0.310 e. The Labute approximate surface area is 361 Å². The lowest BCUT2D eigenvalue weighted by Crippen LogP contribution is -2.28. The minimum Gasteiger partial charge on any atom is -0.310 e. The van der Waals surface area contributed by atoms with Crippen LogP contribution in [0.25, 0.3) is 55.6 Å². The van der Waals surface area contributed by atoms with Gasteiger partial charge in [-0.1, -0.05) is 193 Å². The zero-order valence-corrected chi connectivity index (χ0v) is 35.7. The zero-order valence-electron chi connectivity index (χ0n) is 35.7. The van der Waals surface area contributed by atoms with Gasteiger partial charge >= 0.3 is 0 Å². The monoisotopic (exact) mass is 785 g/mol. The van der Waals surface area contributed by atoms with E-state index in [1.807, 2.05) is 0 Å². The Balaban J connectivity index is 1.05. The number of rotatable bonds is 5. The Morgan fingerprint density at radius 1 is 0.361 bits per heavy atom. The standard InChI is InChI=1S/C60H51N/c1-58(2)51-26-11-8-21-48(51)56-46(23-17-28-54(56)58)45-20-9-13-29-55(45)61(41-34-35-53-49(38-41)44-19-7-12-27-52(44)60(53)36-14-5-15-37-60)40-32-30-39(31-33-40)42-22-16-24-47-43-18-6-10-25-50(43)59(3,4)57(42)47/h6-13,16-35,38H,5,14-15,36-37H2,1-4H3. The van der Waals surface area contributed by atoms with Crippen molar-refractivity contribution >= 4 is 17.1 Å². The molecule has 1 saturated carbocycles. The smallest absolute Gasteiger partial charge is 0.0540 e. The minimum absolute atomic E-state index is 0.0810. The summed E-state index contributed by atoms with van der Waals surface area (Å²) in [6.07, 6.45) is 6.37. The Hall–Kier alpha value is -6.44. The van der Waals surface area contributed by atoms with E-state index in [4.69, 9.17) is 0 Å². The fraction of sp³-hybridized carbons (Fsp3) is 0.200. The van der Waals surface area contributed by atoms with Gasteiger partial charge in [0.05, 0.1) is 5.69 Å². The summed E-state index contributed by atoms with van der Waals surface area (Å²) < 4.78 is 0. The Bertz CT molecular complexity index is 3060. The number of hydrogen-bond donors (Lipinski definition) is 0. The number of anilines is 3. The first-order valence-corrected chi connectivity index (χ1v) is 22.5. The highest BCUT2D eigenvalue weighted by atomic mass is 15.1. The van der Waals surface area contributed by atoms with Gasteiger partial charge in [0.1, 0.15) is 0 Å². The van der Waals surface area contributed by atoms with Crippen LogP contribution in [0.15, 0.2) is 176 Å². The number of fused-ring (bicyclic) bond motifs is 11. The first kappa shape index (κ1) is 36.4. The zero-order chi connectivity index (χ0) is 41.1. The average Bonchev–Trinajstić information content (AvgIpc) is 3.81. The van der Waals surface area contributed by atoms with Crippen LogP contribution >= 0.6 is 0 Å². The van der Waals surface area contributed by atoms with Crippen LogP contribution in [0.4, 0.5) is 17.1 Å². The van der Waals surface area contributed by atoms with Gasteiger partial charge < -0.3 is 4.90 Å². The van der Waals surface area contributed by atoms with Crippen LogP contribution in [0.5, 0.6) is 0 Å². The molecule has 0 bridgehead atoms. The molecule has 12 rings (SSSR count). The molecule has 0 atom stereocenters. The van der Waals surface area contributed by atoms with E-state index >= 15 is 0 Å². The highest BCUT2D eigenvalue weighted by Crippen LogP contribution is 2.58. The first-order chi connectivity index (χ1) is 29.8. The van der Waals surface area contributed by atoms with E-state index < -0.39 is 0 Å². The van der Waals surface area contributed by atoms with Gasteiger partial charge in [-0.2, -0.15) is 0 Å². The summed E-state index contributed by atoms with van der Waals surface area (Å²) in [6, 6.07) is 67.1. The van der Waals surface area contributed by atoms with Crippen LogP contribution in [0.3, 0.4) is 0 Å². The second kappa shape index (κ2) is 13.3. The molecule has 1 fully saturated rings. The van der Waals surface area contributed by atoms with Crippen LogP contribution in [-0.2, 0) is 16.2 Å². The molecule has 1 heteroatoms. The van der Waals surface area contributed by atoms with Crippen molar-refractivity contribution in [3.8, 4) is 55.6 Å². The van der Waals surface area contributed by atoms with Gasteiger partial charge in [0, 0.05) is 33.2 Å². The van der Waals surface area contributed by atoms with Crippen molar-refractivity contribution < 1.29 is 0 Å². The van der Waals surface area contributed by atoms with Crippen LogP contribution < -0.4 is 4.90 Å². The van der Waals surface area contributed by atoms with E-state index in [1.165, 1.54) is 132 Å². The van der Waals surface area contributed by atoms with Gasteiger partial charge in [0.15, 0.2) is 0 Å². The number of hydrogen-bond acceptors (Lipinski definition) is 1. The quantitative estimate of drug-likeness (QED) is 0.168. The molecule has 0 N–H and O–H groups in total. The fourth-order valence-corrected chi connectivity index (χ4v) is 12.5. The lowest BCUT2D eigenvalue weighted by Gasteiger charge is -2.36. The molecule has 0 unspecified atom stereocenters. The van der Waals surface area contributed by atoms with Crippen molar-refractivity contribution in [2.24, 2.45) is 0 Å². The molecule has 0 amide bonds. The molecular weight excluding hydrogens is 735 g/mol.